The molecule has 2 rings (SSSR count). The SMILES string of the molecule is CCOc1ccccc1NC(=O)C(=O)Nc1cc(Cl)ccc1OC. The van der Waals surface area contributed by atoms with E-state index in [9.17, 15) is 9.59 Å². The van der Waals surface area contributed by atoms with Gasteiger partial charge in [-0.3, -0.25) is 9.59 Å². The molecule has 0 aliphatic carbocycles. The molecule has 6 nitrogen and oxygen atoms in total. The van der Waals surface area contributed by atoms with Crippen LogP contribution in [0.2, 0.25) is 5.02 Å². The molecule has 0 aliphatic heterocycles. The quantitative estimate of drug-likeness (QED) is 0.813. The van der Waals surface area contributed by atoms with Crippen LogP contribution in [0.25, 0.3) is 0 Å². The Hall–Kier alpha value is -2.73. The van der Waals surface area contributed by atoms with Crippen LogP contribution in [0.3, 0.4) is 0 Å². The van der Waals surface area contributed by atoms with Gasteiger partial charge >= 0.3 is 11.8 Å². The maximum Gasteiger partial charge on any atom is 0.314 e. The fraction of sp³-hybridized carbons (Fsp3) is 0.176. The summed E-state index contributed by atoms with van der Waals surface area (Å²) in [5.74, 6) is -0.789. The van der Waals surface area contributed by atoms with E-state index in [0.717, 1.165) is 0 Å². The zero-order valence-corrected chi connectivity index (χ0v) is 14.0. The Labute approximate surface area is 144 Å². The molecule has 0 saturated heterocycles. The lowest BCUT2D eigenvalue weighted by atomic mass is 10.2. The minimum absolute atomic E-state index is 0.309. The number of carbonyl (C=O) groups is 2. The van der Waals surface area contributed by atoms with Gasteiger partial charge in [0.05, 0.1) is 25.1 Å². The van der Waals surface area contributed by atoms with Crippen molar-refractivity contribution in [1.82, 2.24) is 0 Å². The molecule has 0 fully saturated rings. The van der Waals surface area contributed by atoms with E-state index in [1.54, 1.807) is 36.4 Å². The number of rotatable bonds is 5. The summed E-state index contributed by atoms with van der Waals surface area (Å²) < 4.78 is 10.5. The zero-order valence-electron chi connectivity index (χ0n) is 13.3. The average molecular weight is 349 g/mol. The number of nitrogens with one attached hydrogen (secondary N) is 2. The van der Waals surface area contributed by atoms with Gasteiger partial charge in [0.1, 0.15) is 11.5 Å². The van der Waals surface area contributed by atoms with E-state index in [1.807, 2.05) is 6.92 Å². The summed E-state index contributed by atoms with van der Waals surface area (Å²) in [6, 6.07) is 11.6. The van der Waals surface area contributed by atoms with E-state index in [1.165, 1.54) is 13.2 Å². The molecule has 0 aliphatic rings. The van der Waals surface area contributed by atoms with Crippen LogP contribution in [-0.4, -0.2) is 25.5 Å². The molecule has 0 aromatic heterocycles. The molecule has 7 heteroatoms. The van der Waals surface area contributed by atoms with Gasteiger partial charge < -0.3 is 20.1 Å². The Kier molecular flexibility index (Phi) is 6.03. The van der Waals surface area contributed by atoms with Crippen LogP contribution in [0.15, 0.2) is 42.5 Å². The molecule has 0 saturated carbocycles. The third-order valence-corrected chi connectivity index (χ3v) is 3.29. The van der Waals surface area contributed by atoms with E-state index < -0.39 is 11.8 Å². The number of para-hydroxylation sites is 2. The summed E-state index contributed by atoms with van der Waals surface area (Å²) in [7, 11) is 1.46. The maximum atomic E-state index is 12.1. The van der Waals surface area contributed by atoms with Crippen molar-refractivity contribution in [3.05, 3.63) is 47.5 Å². The topological polar surface area (TPSA) is 76.7 Å². The smallest absolute Gasteiger partial charge is 0.314 e. The van der Waals surface area contributed by atoms with Gasteiger partial charge in [-0.15, -0.1) is 0 Å². The van der Waals surface area contributed by atoms with Crippen molar-refractivity contribution in [3.8, 4) is 11.5 Å². The first kappa shape index (κ1) is 17.6. The molecule has 2 amide bonds. The highest BCUT2D eigenvalue weighted by Gasteiger charge is 2.18. The van der Waals surface area contributed by atoms with Gasteiger partial charge in [-0.25, -0.2) is 0 Å². The molecule has 0 unspecified atom stereocenters. The standard InChI is InChI=1S/C17H17ClN2O4/c1-3-24-15-7-5-4-6-12(15)19-16(21)17(22)20-13-10-11(18)8-9-14(13)23-2/h4-10H,3H2,1-2H3,(H,19,21)(H,20,22). The number of methoxy groups -OCH3 is 1. The van der Waals surface area contributed by atoms with Crippen molar-refractivity contribution < 1.29 is 19.1 Å². The van der Waals surface area contributed by atoms with Gasteiger partial charge in [0.2, 0.25) is 0 Å². The highest BCUT2D eigenvalue weighted by molar-refractivity contribution is 6.44. The lowest BCUT2D eigenvalue weighted by Gasteiger charge is -2.12. The number of hydrogen-bond acceptors (Lipinski definition) is 4. The van der Waals surface area contributed by atoms with Crippen LogP contribution in [0.4, 0.5) is 11.4 Å². The van der Waals surface area contributed by atoms with Crippen molar-refractivity contribution >= 4 is 34.8 Å². The summed E-state index contributed by atoms with van der Waals surface area (Å²) in [5.41, 5.74) is 0.723. The van der Waals surface area contributed by atoms with Gasteiger partial charge in [-0.05, 0) is 37.3 Å². The van der Waals surface area contributed by atoms with Gasteiger partial charge in [0.15, 0.2) is 0 Å². The molecule has 0 spiro atoms. The van der Waals surface area contributed by atoms with Crippen LogP contribution in [-0.2, 0) is 9.59 Å². The Morgan fingerprint density at radius 3 is 2.33 bits per heavy atom. The number of ether oxygens (including phenoxy) is 2. The summed E-state index contributed by atoms with van der Waals surface area (Å²) in [6.45, 7) is 2.27. The Morgan fingerprint density at radius 2 is 1.67 bits per heavy atom. The maximum absolute atomic E-state index is 12.1. The van der Waals surface area contributed by atoms with E-state index in [4.69, 9.17) is 21.1 Å². The molecule has 2 aromatic rings. The summed E-state index contributed by atoms with van der Waals surface area (Å²) in [6.07, 6.45) is 0. The predicted molar refractivity (Wildman–Crippen MR) is 92.9 cm³/mol. The molecule has 2 aromatic carbocycles. The van der Waals surface area contributed by atoms with Gasteiger partial charge in [-0.1, -0.05) is 23.7 Å². The predicted octanol–water partition coefficient (Wildman–Crippen LogP) is 3.32. The van der Waals surface area contributed by atoms with Crippen molar-refractivity contribution in [1.29, 1.82) is 0 Å². The Morgan fingerprint density at radius 1 is 1.00 bits per heavy atom. The van der Waals surface area contributed by atoms with Crippen LogP contribution in [0.1, 0.15) is 6.92 Å². The second-order valence-electron chi connectivity index (χ2n) is 4.68. The van der Waals surface area contributed by atoms with E-state index >= 15 is 0 Å². The van der Waals surface area contributed by atoms with Crippen molar-refractivity contribution in [2.45, 2.75) is 6.92 Å². The fourth-order valence-electron chi connectivity index (χ4n) is 1.99. The molecular weight excluding hydrogens is 332 g/mol. The number of carbonyl (C=O) groups excluding carboxylic acids is 2. The Balaban J connectivity index is 2.11. The summed E-state index contributed by atoms with van der Waals surface area (Å²) >= 11 is 5.90. The molecule has 126 valence electrons. The Bertz CT molecular complexity index is 749. The second-order valence-corrected chi connectivity index (χ2v) is 5.12. The monoisotopic (exact) mass is 348 g/mol. The first-order valence-corrected chi connectivity index (χ1v) is 7.60. The van der Waals surface area contributed by atoms with E-state index in [2.05, 4.69) is 10.6 Å². The average Bonchev–Trinajstić information content (AvgIpc) is 2.57. The molecule has 0 radical (unpaired) electrons. The second kappa shape index (κ2) is 8.21. The molecule has 2 N–H and O–H groups in total. The third-order valence-electron chi connectivity index (χ3n) is 3.05. The van der Waals surface area contributed by atoms with Crippen LogP contribution < -0.4 is 20.1 Å². The normalized spacial score (nSPS) is 9.96. The number of halogens is 1. The van der Waals surface area contributed by atoms with E-state index in [0.29, 0.717) is 34.5 Å². The largest absolute Gasteiger partial charge is 0.495 e. The number of benzene rings is 2. The summed E-state index contributed by atoms with van der Waals surface area (Å²) in [5, 5.41) is 5.40. The van der Waals surface area contributed by atoms with Crippen molar-refractivity contribution in [2.75, 3.05) is 24.4 Å². The minimum atomic E-state index is -0.845. The number of hydrogen-bond donors (Lipinski definition) is 2. The number of anilines is 2. The van der Waals surface area contributed by atoms with Crippen LogP contribution in [0, 0.1) is 0 Å². The summed E-state index contributed by atoms with van der Waals surface area (Å²) in [4.78, 5) is 24.2. The number of amides is 2. The fourth-order valence-corrected chi connectivity index (χ4v) is 2.16. The minimum Gasteiger partial charge on any atom is -0.495 e. The first-order valence-electron chi connectivity index (χ1n) is 7.22. The highest BCUT2D eigenvalue weighted by Crippen LogP contribution is 2.28. The zero-order chi connectivity index (χ0) is 17.5. The van der Waals surface area contributed by atoms with Crippen molar-refractivity contribution in [3.63, 3.8) is 0 Å². The first-order chi connectivity index (χ1) is 11.5. The lowest BCUT2D eigenvalue weighted by Crippen LogP contribution is -2.29. The van der Waals surface area contributed by atoms with Gasteiger partial charge in [0, 0.05) is 5.02 Å². The molecule has 0 bridgehead atoms. The lowest BCUT2D eigenvalue weighted by molar-refractivity contribution is -0.133. The van der Waals surface area contributed by atoms with Crippen molar-refractivity contribution in [2.24, 2.45) is 0 Å². The molecule has 0 heterocycles. The highest BCUT2D eigenvalue weighted by atomic mass is 35.5. The van der Waals surface area contributed by atoms with Crippen LogP contribution >= 0.6 is 11.6 Å². The van der Waals surface area contributed by atoms with Gasteiger partial charge in [0.25, 0.3) is 0 Å². The van der Waals surface area contributed by atoms with Gasteiger partial charge in [-0.2, -0.15) is 0 Å². The van der Waals surface area contributed by atoms with E-state index in [-0.39, 0.29) is 0 Å². The molecular formula is C17H17ClN2O4. The molecule has 24 heavy (non-hydrogen) atoms. The molecule has 0 atom stereocenters. The third kappa shape index (κ3) is 4.39. The van der Waals surface area contributed by atoms with Crippen LogP contribution in [0.5, 0.6) is 11.5 Å².